The maximum atomic E-state index is 12.6. The van der Waals surface area contributed by atoms with Crippen LogP contribution in [0.15, 0.2) is 48.5 Å². The van der Waals surface area contributed by atoms with Crippen molar-refractivity contribution in [1.82, 2.24) is 5.32 Å². The molecule has 0 unspecified atom stereocenters. The highest BCUT2D eigenvalue weighted by Gasteiger charge is 2.17. The lowest BCUT2D eigenvalue weighted by molar-refractivity contribution is -0.114. The average Bonchev–Trinajstić information content (AvgIpc) is 2.84. The summed E-state index contributed by atoms with van der Waals surface area (Å²) in [5.41, 5.74) is 2.03. The van der Waals surface area contributed by atoms with Gasteiger partial charge in [0.15, 0.2) is 0 Å². The summed E-state index contributed by atoms with van der Waals surface area (Å²) in [4.78, 5) is 24.9. The standard InChI is InChI=1S/C27H37N3O3/c1-2-3-4-8-18-33-25-16-14-22(15-17-25)28-20-26(31)29-24-13-9-10-21(19-24)27(32)30-23-11-6-5-7-12-23/h9-10,13-17,19,23,28H,2-8,11-12,18,20H2,1H3,(H,29,31)(H,30,32). The third-order valence-electron chi connectivity index (χ3n) is 5.92. The molecule has 178 valence electrons. The Bertz CT molecular complexity index is 876. The van der Waals surface area contributed by atoms with Crippen molar-refractivity contribution in [3.63, 3.8) is 0 Å². The summed E-state index contributed by atoms with van der Waals surface area (Å²) in [6.07, 6.45) is 10.4. The molecular formula is C27H37N3O3. The van der Waals surface area contributed by atoms with Crippen molar-refractivity contribution in [3.05, 3.63) is 54.1 Å². The van der Waals surface area contributed by atoms with E-state index in [0.717, 1.165) is 37.3 Å². The van der Waals surface area contributed by atoms with E-state index in [0.29, 0.717) is 11.3 Å². The molecule has 1 saturated carbocycles. The molecule has 2 aromatic carbocycles. The topological polar surface area (TPSA) is 79.5 Å². The molecule has 1 aliphatic carbocycles. The number of amides is 2. The van der Waals surface area contributed by atoms with Crippen molar-refractivity contribution >= 4 is 23.2 Å². The molecule has 0 aromatic heterocycles. The van der Waals surface area contributed by atoms with E-state index in [2.05, 4.69) is 22.9 Å². The Kier molecular flexibility index (Phi) is 10.1. The Balaban J connectivity index is 1.41. The first-order chi connectivity index (χ1) is 16.1. The van der Waals surface area contributed by atoms with E-state index in [-0.39, 0.29) is 24.4 Å². The largest absolute Gasteiger partial charge is 0.494 e. The lowest BCUT2D eigenvalue weighted by atomic mass is 9.95. The summed E-state index contributed by atoms with van der Waals surface area (Å²) in [5.74, 6) is 0.588. The van der Waals surface area contributed by atoms with Crippen LogP contribution in [0.25, 0.3) is 0 Å². The highest BCUT2D eigenvalue weighted by atomic mass is 16.5. The molecule has 0 atom stereocenters. The molecule has 1 fully saturated rings. The number of hydrogen-bond donors (Lipinski definition) is 3. The maximum Gasteiger partial charge on any atom is 0.251 e. The number of carbonyl (C=O) groups excluding carboxylic acids is 2. The Morgan fingerprint density at radius 2 is 1.73 bits per heavy atom. The molecule has 0 aliphatic heterocycles. The smallest absolute Gasteiger partial charge is 0.251 e. The fourth-order valence-electron chi connectivity index (χ4n) is 4.03. The van der Waals surface area contributed by atoms with Crippen molar-refractivity contribution in [2.45, 2.75) is 70.8 Å². The van der Waals surface area contributed by atoms with Crippen molar-refractivity contribution in [3.8, 4) is 5.75 Å². The maximum absolute atomic E-state index is 12.6. The summed E-state index contributed by atoms with van der Waals surface area (Å²) in [5, 5.41) is 9.10. The molecule has 2 amide bonds. The van der Waals surface area contributed by atoms with Crippen LogP contribution in [-0.2, 0) is 4.79 Å². The van der Waals surface area contributed by atoms with Gasteiger partial charge >= 0.3 is 0 Å². The third-order valence-corrected chi connectivity index (χ3v) is 5.92. The molecule has 0 heterocycles. The fraction of sp³-hybridized carbons (Fsp3) is 0.481. The minimum atomic E-state index is -0.170. The minimum Gasteiger partial charge on any atom is -0.494 e. The van der Waals surface area contributed by atoms with E-state index in [4.69, 9.17) is 4.74 Å². The second kappa shape index (κ2) is 13.5. The molecule has 3 N–H and O–H groups in total. The van der Waals surface area contributed by atoms with E-state index in [1.54, 1.807) is 24.3 Å². The van der Waals surface area contributed by atoms with Gasteiger partial charge in [0.05, 0.1) is 13.2 Å². The van der Waals surface area contributed by atoms with Gasteiger partial charge in [-0.1, -0.05) is 51.5 Å². The van der Waals surface area contributed by atoms with Crippen molar-refractivity contribution < 1.29 is 14.3 Å². The number of nitrogens with one attached hydrogen (secondary N) is 3. The number of unbranched alkanes of at least 4 members (excludes halogenated alkanes) is 3. The van der Waals surface area contributed by atoms with E-state index < -0.39 is 0 Å². The molecule has 1 aliphatic rings. The second-order valence-corrected chi connectivity index (χ2v) is 8.72. The SMILES string of the molecule is CCCCCCOc1ccc(NCC(=O)Nc2cccc(C(=O)NC3CCCCC3)c2)cc1. The van der Waals surface area contributed by atoms with Gasteiger partial charge < -0.3 is 20.7 Å². The molecule has 0 saturated heterocycles. The summed E-state index contributed by atoms with van der Waals surface area (Å²) < 4.78 is 5.75. The summed E-state index contributed by atoms with van der Waals surface area (Å²) >= 11 is 0. The highest BCUT2D eigenvalue weighted by Crippen LogP contribution is 2.19. The normalized spacial score (nSPS) is 13.8. The van der Waals surface area contributed by atoms with Crippen LogP contribution in [0, 0.1) is 0 Å². The molecule has 3 rings (SSSR count). The van der Waals surface area contributed by atoms with Crippen LogP contribution >= 0.6 is 0 Å². The number of ether oxygens (including phenoxy) is 1. The first kappa shape index (κ1) is 24.6. The van der Waals surface area contributed by atoms with Crippen LogP contribution in [0.5, 0.6) is 5.75 Å². The van der Waals surface area contributed by atoms with E-state index in [1.165, 1.54) is 38.5 Å². The Labute approximate surface area is 197 Å². The number of anilines is 2. The molecule has 0 radical (unpaired) electrons. The third kappa shape index (κ3) is 8.79. The van der Waals surface area contributed by atoms with Crippen LogP contribution < -0.4 is 20.7 Å². The van der Waals surface area contributed by atoms with Gasteiger partial charge in [0.2, 0.25) is 5.91 Å². The molecule has 6 heteroatoms. The first-order valence-corrected chi connectivity index (χ1v) is 12.3. The van der Waals surface area contributed by atoms with E-state index >= 15 is 0 Å². The quantitative estimate of drug-likeness (QED) is 0.359. The zero-order valence-electron chi connectivity index (χ0n) is 19.7. The van der Waals surface area contributed by atoms with Gasteiger partial charge in [-0.2, -0.15) is 0 Å². The van der Waals surface area contributed by atoms with Gasteiger partial charge in [0.25, 0.3) is 5.91 Å². The van der Waals surface area contributed by atoms with Crippen LogP contribution in [-0.4, -0.2) is 31.0 Å². The van der Waals surface area contributed by atoms with Crippen LogP contribution in [0.1, 0.15) is 75.1 Å². The van der Waals surface area contributed by atoms with Gasteiger partial charge in [0.1, 0.15) is 5.75 Å². The number of carbonyl (C=O) groups is 2. The fourth-order valence-corrected chi connectivity index (χ4v) is 4.03. The van der Waals surface area contributed by atoms with E-state index in [1.807, 2.05) is 24.3 Å². The average molecular weight is 452 g/mol. The molecular weight excluding hydrogens is 414 g/mol. The Hall–Kier alpha value is -3.02. The van der Waals surface area contributed by atoms with Crippen LogP contribution in [0.2, 0.25) is 0 Å². The van der Waals surface area contributed by atoms with Gasteiger partial charge in [-0.3, -0.25) is 9.59 Å². The number of benzene rings is 2. The highest BCUT2D eigenvalue weighted by molar-refractivity contribution is 5.98. The molecule has 2 aromatic rings. The van der Waals surface area contributed by atoms with Gasteiger partial charge in [-0.15, -0.1) is 0 Å². The second-order valence-electron chi connectivity index (χ2n) is 8.72. The van der Waals surface area contributed by atoms with Gasteiger partial charge in [-0.05, 0) is 61.7 Å². The Morgan fingerprint density at radius 3 is 2.48 bits per heavy atom. The molecule has 6 nitrogen and oxygen atoms in total. The van der Waals surface area contributed by atoms with Crippen molar-refractivity contribution in [2.24, 2.45) is 0 Å². The van der Waals surface area contributed by atoms with Gasteiger partial charge in [0, 0.05) is 23.0 Å². The molecule has 0 spiro atoms. The lowest BCUT2D eigenvalue weighted by Gasteiger charge is -2.22. The summed E-state index contributed by atoms with van der Waals surface area (Å²) in [7, 11) is 0. The minimum absolute atomic E-state index is 0.0798. The van der Waals surface area contributed by atoms with Crippen LogP contribution in [0.4, 0.5) is 11.4 Å². The van der Waals surface area contributed by atoms with Crippen molar-refractivity contribution in [1.29, 1.82) is 0 Å². The van der Waals surface area contributed by atoms with E-state index in [9.17, 15) is 9.59 Å². The lowest BCUT2D eigenvalue weighted by Crippen LogP contribution is -2.36. The summed E-state index contributed by atoms with van der Waals surface area (Å²) in [6.45, 7) is 3.06. The monoisotopic (exact) mass is 451 g/mol. The van der Waals surface area contributed by atoms with Crippen molar-refractivity contribution in [2.75, 3.05) is 23.8 Å². The first-order valence-electron chi connectivity index (χ1n) is 12.3. The summed E-state index contributed by atoms with van der Waals surface area (Å²) in [6, 6.07) is 15.0. The van der Waals surface area contributed by atoms with Crippen LogP contribution in [0.3, 0.4) is 0 Å². The molecule has 33 heavy (non-hydrogen) atoms. The predicted molar refractivity (Wildman–Crippen MR) is 134 cm³/mol. The number of rotatable bonds is 12. The van der Waals surface area contributed by atoms with Gasteiger partial charge in [-0.25, -0.2) is 0 Å². The zero-order chi connectivity index (χ0) is 23.3. The molecule has 0 bridgehead atoms. The zero-order valence-corrected chi connectivity index (χ0v) is 19.7. The number of hydrogen-bond acceptors (Lipinski definition) is 4. The Morgan fingerprint density at radius 1 is 0.939 bits per heavy atom. The predicted octanol–water partition coefficient (Wildman–Crippen LogP) is 5.76.